The number of hydrazone groups is 1. The summed E-state index contributed by atoms with van der Waals surface area (Å²) in [4.78, 5) is 12.2. The molecule has 1 amide bonds. The predicted octanol–water partition coefficient (Wildman–Crippen LogP) is 0.288. The van der Waals surface area contributed by atoms with Gasteiger partial charge in [0.25, 0.3) is 5.91 Å². The number of nitrogens with two attached hydrogens (primary N) is 1. The molecule has 11 nitrogen and oxygen atoms in total. The summed E-state index contributed by atoms with van der Waals surface area (Å²) in [6, 6.07) is 3.45. The number of anilines is 1. The van der Waals surface area contributed by atoms with Gasteiger partial charge in [0.2, 0.25) is 11.6 Å². The van der Waals surface area contributed by atoms with E-state index in [1.165, 1.54) is 10.9 Å². The Labute approximate surface area is 129 Å². The van der Waals surface area contributed by atoms with Crippen LogP contribution in [0.1, 0.15) is 28.9 Å². The fraction of sp³-hybridized carbons (Fsp3) is 0.167. The SMILES string of the molecule is CC(=NNC(=O)c1nnn(-c2nonc2N)c1C)c1ccco1. The van der Waals surface area contributed by atoms with Gasteiger partial charge in [-0.05, 0) is 36.3 Å². The van der Waals surface area contributed by atoms with E-state index in [0.717, 1.165) is 0 Å². The van der Waals surface area contributed by atoms with Crippen molar-refractivity contribution in [3.8, 4) is 5.82 Å². The number of hydrogen-bond donors (Lipinski definition) is 2. The van der Waals surface area contributed by atoms with Crippen molar-refractivity contribution in [2.24, 2.45) is 5.10 Å². The van der Waals surface area contributed by atoms with Crippen molar-refractivity contribution in [1.29, 1.82) is 0 Å². The Balaban J connectivity index is 1.80. The number of nitrogens with one attached hydrogen (secondary N) is 1. The first kappa shape index (κ1) is 14.4. The highest BCUT2D eigenvalue weighted by Crippen LogP contribution is 2.14. The highest BCUT2D eigenvalue weighted by Gasteiger charge is 2.20. The third-order valence-corrected chi connectivity index (χ3v) is 3.01. The molecule has 3 rings (SSSR count). The van der Waals surface area contributed by atoms with Crippen LogP contribution in [0.25, 0.3) is 5.82 Å². The maximum atomic E-state index is 12.2. The Kier molecular flexibility index (Phi) is 3.58. The Morgan fingerprint density at radius 2 is 2.26 bits per heavy atom. The fourth-order valence-corrected chi connectivity index (χ4v) is 1.81. The molecule has 3 heterocycles. The number of nitrogen functional groups attached to an aromatic ring is 1. The van der Waals surface area contributed by atoms with E-state index in [-0.39, 0.29) is 17.3 Å². The highest BCUT2D eigenvalue weighted by molar-refractivity contribution is 5.98. The molecular formula is C12H12N8O3. The number of amides is 1. The summed E-state index contributed by atoms with van der Waals surface area (Å²) >= 11 is 0. The largest absolute Gasteiger partial charge is 0.463 e. The van der Waals surface area contributed by atoms with Crippen molar-refractivity contribution in [1.82, 2.24) is 30.7 Å². The molecule has 118 valence electrons. The number of hydrogen-bond acceptors (Lipinski definition) is 9. The van der Waals surface area contributed by atoms with Crippen LogP contribution in [0, 0.1) is 6.92 Å². The van der Waals surface area contributed by atoms with Crippen LogP contribution in [0.4, 0.5) is 5.82 Å². The Morgan fingerprint density at radius 1 is 1.43 bits per heavy atom. The molecule has 23 heavy (non-hydrogen) atoms. The Morgan fingerprint density at radius 3 is 2.91 bits per heavy atom. The quantitative estimate of drug-likeness (QED) is 0.515. The summed E-state index contributed by atoms with van der Waals surface area (Å²) in [5, 5.41) is 18.6. The number of carbonyl (C=O) groups is 1. The molecule has 0 aliphatic rings. The van der Waals surface area contributed by atoms with Gasteiger partial charge >= 0.3 is 0 Å². The average molecular weight is 316 g/mol. The van der Waals surface area contributed by atoms with Crippen molar-refractivity contribution in [2.75, 3.05) is 5.73 Å². The first-order chi connectivity index (χ1) is 11.1. The zero-order chi connectivity index (χ0) is 16.4. The summed E-state index contributed by atoms with van der Waals surface area (Å²) in [7, 11) is 0. The lowest BCUT2D eigenvalue weighted by Gasteiger charge is -2.00. The van der Waals surface area contributed by atoms with Gasteiger partial charge in [-0.15, -0.1) is 5.10 Å². The number of carbonyl (C=O) groups excluding carboxylic acids is 1. The monoisotopic (exact) mass is 316 g/mol. The molecule has 3 N–H and O–H groups in total. The van der Waals surface area contributed by atoms with E-state index >= 15 is 0 Å². The van der Waals surface area contributed by atoms with Crippen molar-refractivity contribution in [3.63, 3.8) is 0 Å². The van der Waals surface area contributed by atoms with E-state index < -0.39 is 5.91 Å². The highest BCUT2D eigenvalue weighted by atomic mass is 16.6. The third-order valence-electron chi connectivity index (χ3n) is 3.01. The predicted molar refractivity (Wildman–Crippen MR) is 76.7 cm³/mol. The van der Waals surface area contributed by atoms with Crippen LogP contribution in [-0.2, 0) is 0 Å². The summed E-state index contributed by atoms with van der Waals surface area (Å²) in [5.74, 6) is 0.211. The summed E-state index contributed by atoms with van der Waals surface area (Å²) in [6.45, 7) is 3.33. The number of rotatable bonds is 4. The van der Waals surface area contributed by atoms with Crippen LogP contribution in [0.3, 0.4) is 0 Å². The molecule has 0 aromatic carbocycles. The average Bonchev–Trinajstić information content (AvgIpc) is 3.25. The number of nitrogens with zero attached hydrogens (tertiary/aromatic N) is 6. The molecule has 0 atom stereocenters. The van der Waals surface area contributed by atoms with Gasteiger partial charge in [-0.1, -0.05) is 5.21 Å². The zero-order valence-corrected chi connectivity index (χ0v) is 12.2. The van der Waals surface area contributed by atoms with E-state index in [0.29, 0.717) is 17.2 Å². The molecular weight excluding hydrogens is 304 g/mol. The molecule has 0 aliphatic heterocycles. The van der Waals surface area contributed by atoms with Crippen LogP contribution < -0.4 is 11.2 Å². The van der Waals surface area contributed by atoms with Crippen molar-refractivity contribution in [3.05, 3.63) is 35.5 Å². The molecule has 0 saturated carbocycles. The molecule has 0 fully saturated rings. The Bertz CT molecular complexity index is 861. The lowest BCUT2D eigenvalue weighted by Crippen LogP contribution is -2.20. The lowest BCUT2D eigenvalue weighted by molar-refractivity contribution is 0.0949. The second-order valence-electron chi connectivity index (χ2n) is 4.52. The molecule has 0 radical (unpaired) electrons. The maximum absolute atomic E-state index is 12.2. The normalized spacial score (nSPS) is 11.7. The van der Waals surface area contributed by atoms with Gasteiger partial charge in [-0.25, -0.2) is 10.1 Å². The minimum atomic E-state index is -0.533. The standard InChI is InChI=1S/C12H12N8O3/c1-6(8-4-3-5-22-8)14-16-12(21)9-7(2)20(19-15-9)11-10(13)17-23-18-11/h3-5H,1-2H3,(H2,13,17)(H,16,21). The molecule has 3 aromatic heterocycles. The van der Waals surface area contributed by atoms with Crippen LogP contribution >= 0.6 is 0 Å². The molecule has 11 heteroatoms. The molecule has 0 saturated heterocycles. The fourth-order valence-electron chi connectivity index (χ4n) is 1.81. The van der Waals surface area contributed by atoms with Gasteiger partial charge in [-0.2, -0.15) is 9.78 Å². The second kappa shape index (κ2) is 5.71. The summed E-state index contributed by atoms with van der Waals surface area (Å²) < 4.78 is 10.9. The summed E-state index contributed by atoms with van der Waals surface area (Å²) in [5.41, 5.74) is 8.97. The number of aromatic nitrogens is 5. The van der Waals surface area contributed by atoms with Crippen LogP contribution in [-0.4, -0.2) is 36.9 Å². The smallest absolute Gasteiger partial charge is 0.293 e. The molecule has 0 unspecified atom stereocenters. The molecule has 3 aromatic rings. The second-order valence-corrected chi connectivity index (χ2v) is 4.52. The van der Waals surface area contributed by atoms with Gasteiger partial charge < -0.3 is 10.2 Å². The molecule has 0 bridgehead atoms. The van der Waals surface area contributed by atoms with Gasteiger partial charge in [-0.3, -0.25) is 4.79 Å². The number of furan rings is 1. The van der Waals surface area contributed by atoms with E-state index in [2.05, 4.69) is 35.8 Å². The lowest BCUT2D eigenvalue weighted by atomic mass is 10.3. The van der Waals surface area contributed by atoms with Crippen molar-refractivity contribution < 1.29 is 13.8 Å². The summed E-state index contributed by atoms with van der Waals surface area (Å²) in [6.07, 6.45) is 1.52. The zero-order valence-electron chi connectivity index (χ0n) is 12.2. The molecule has 0 spiro atoms. The maximum Gasteiger partial charge on any atom is 0.293 e. The van der Waals surface area contributed by atoms with Crippen LogP contribution in [0.5, 0.6) is 0 Å². The van der Waals surface area contributed by atoms with Gasteiger partial charge in [0, 0.05) is 0 Å². The van der Waals surface area contributed by atoms with Crippen molar-refractivity contribution in [2.45, 2.75) is 13.8 Å². The molecule has 0 aliphatic carbocycles. The van der Waals surface area contributed by atoms with Crippen LogP contribution in [0.2, 0.25) is 0 Å². The topological polar surface area (TPSA) is 150 Å². The minimum Gasteiger partial charge on any atom is -0.463 e. The van der Waals surface area contributed by atoms with Gasteiger partial charge in [0.1, 0.15) is 11.5 Å². The van der Waals surface area contributed by atoms with E-state index in [4.69, 9.17) is 10.2 Å². The third kappa shape index (κ3) is 2.66. The van der Waals surface area contributed by atoms with Crippen LogP contribution in [0.15, 0.2) is 32.5 Å². The first-order valence-electron chi connectivity index (χ1n) is 6.47. The van der Waals surface area contributed by atoms with E-state index in [1.54, 1.807) is 26.0 Å². The Hall–Kier alpha value is -3.50. The van der Waals surface area contributed by atoms with Gasteiger partial charge in [0.05, 0.1) is 12.0 Å². The van der Waals surface area contributed by atoms with Crippen molar-refractivity contribution >= 4 is 17.4 Å². The van der Waals surface area contributed by atoms with Gasteiger partial charge in [0.15, 0.2) is 5.69 Å². The van der Waals surface area contributed by atoms with E-state index in [1.807, 2.05) is 0 Å². The minimum absolute atomic E-state index is 0.0386. The van der Waals surface area contributed by atoms with E-state index in [9.17, 15) is 4.79 Å². The first-order valence-corrected chi connectivity index (χ1v) is 6.47.